The van der Waals surface area contributed by atoms with E-state index in [0.717, 1.165) is 29.9 Å². The maximum Gasteiger partial charge on any atom is 0.120 e. The van der Waals surface area contributed by atoms with Crippen molar-refractivity contribution in [3.63, 3.8) is 0 Å². The van der Waals surface area contributed by atoms with Crippen LogP contribution in [0.2, 0.25) is 0 Å². The van der Waals surface area contributed by atoms with Gasteiger partial charge >= 0.3 is 0 Å². The molecule has 0 aliphatic heterocycles. The molecule has 1 aromatic rings. The Morgan fingerprint density at radius 2 is 2.12 bits per heavy atom. The lowest BCUT2D eigenvalue weighted by Gasteiger charge is -2.25. The second-order valence-electron chi connectivity index (χ2n) is 5.09. The first-order valence-electron chi connectivity index (χ1n) is 6.12. The van der Waals surface area contributed by atoms with Gasteiger partial charge in [-0.25, -0.2) is 0 Å². The van der Waals surface area contributed by atoms with E-state index in [-0.39, 0.29) is 5.41 Å². The van der Waals surface area contributed by atoms with Crippen molar-refractivity contribution in [2.75, 3.05) is 19.7 Å². The fourth-order valence-corrected chi connectivity index (χ4v) is 1.87. The number of ether oxygens (including phenoxy) is 1. The number of hydrogen-bond acceptors (Lipinski definition) is 2. The Hall–Kier alpha value is -0.540. The third-order valence-corrected chi connectivity index (χ3v) is 2.95. The van der Waals surface area contributed by atoms with Gasteiger partial charge in [0.15, 0.2) is 0 Å². The van der Waals surface area contributed by atoms with Gasteiger partial charge in [0.25, 0.3) is 0 Å². The van der Waals surface area contributed by atoms with Crippen LogP contribution in [-0.2, 0) is 0 Å². The topological polar surface area (TPSA) is 21.3 Å². The number of halogens is 1. The van der Waals surface area contributed by atoms with E-state index in [2.05, 4.69) is 42.0 Å². The summed E-state index contributed by atoms with van der Waals surface area (Å²) in [6.45, 7) is 9.38. The molecule has 0 heterocycles. The second kappa shape index (κ2) is 7.02. The van der Waals surface area contributed by atoms with E-state index in [9.17, 15) is 0 Å². The molecule has 1 rings (SSSR count). The van der Waals surface area contributed by atoms with Crippen molar-refractivity contribution in [3.8, 4) is 5.75 Å². The molecule has 0 aromatic heterocycles. The minimum absolute atomic E-state index is 0.150. The van der Waals surface area contributed by atoms with Crippen molar-refractivity contribution in [1.82, 2.24) is 5.32 Å². The third kappa shape index (κ3) is 6.08. The molecular weight excluding hydrogens is 278 g/mol. The first kappa shape index (κ1) is 14.5. The summed E-state index contributed by atoms with van der Waals surface area (Å²) < 4.78 is 6.87. The molecule has 0 fully saturated rings. The van der Waals surface area contributed by atoms with E-state index in [1.54, 1.807) is 0 Å². The molecule has 0 bridgehead atoms. The second-order valence-corrected chi connectivity index (χ2v) is 6.00. The fraction of sp³-hybridized carbons (Fsp3) is 0.571. The lowest BCUT2D eigenvalue weighted by molar-refractivity contribution is 0.176. The smallest absolute Gasteiger partial charge is 0.120 e. The summed E-state index contributed by atoms with van der Waals surface area (Å²) in [5.74, 6) is 0.919. The Bertz CT molecular complexity index is 339. The molecular formula is C14H22BrNO. The van der Waals surface area contributed by atoms with Crippen LogP contribution in [0.15, 0.2) is 28.7 Å². The van der Waals surface area contributed by atoms with E-state index < -0.39 is 0 Å². The van der Waals surface area contributed by atoms with Crippen LogP contribution in [0.5, 0.6) is 5.75 Å². The highest BCUT2D eigenvalue weighted by Gasteiger charge is 2.18. The molecule has 0 aliphatic carbocycles. The number of hydrogen-bond donors (Lipinski definition) is 1. The lowest BCUT2D eigenvalue weighted by Crippen LogP contribution is -2.34. The van der Waals surface area contributed by atoms with Crippen LogP contribution >= 0.6 is 15.9 Å². The van der Waals surface area contributed by atoms with Crippen LogP contribution in [-0.4, -0.2) is 19.7 Å². The van der Waals surface area contributed by atoms with Gasteiger partial charge in [-0.3, -0.25) is 0 Å². The van der Waals surface area contributed by atoms with Gasteiger partial charge in [-0.15, -0.1) is 0 Å². The van der Waals surface area contributed by atoms with Crippen molar-refractivity contribution in [3.05, 3.63) is 28.7 Å². The van der Waals surface area contributed by atoms with E-state index in [0.29, 0.717) is 0 Å². The van der Waals surface area contributed by atoms with Gasteiger partial charge in [0, 0.05) is 16.4 Å². The minimum atomic E-state index is 0.150. The zero-order valence-electron chi connectivity index (χ0n) is 10.9. The van der Waals surface area contributed by atoms with E-state index >= 15 is 0 Å². The Labute approximate surface area is 113 Å². The Morgan fingerprint density at radius 1 is 1.35 bits per heavy atom. The predicted octanol–water partition coefficient (Wildman–Crippen LogP) is 3.85. The molecule has 1 aromatic carbocycles. The highest BCUT2D eigenvalue weighted by atomic mass is 79.9. The van der Waals surface area contributed by atoms with Crippen LogP contribution < -0.4 is 10.1 Å². The van der Waals surface area contributed by atoms with Crippen molar-refractivity contribution in [1.29, 1.82) is 0 Å². The first-order chi connectivity index (χ1) is 8.03. The molecule has 1 N–H and O–H groups in total. The molecule has 0 atom stereocenters. The standard InChI is InChI=1S/C14H22BrNO/c1-4-8-16-10-14(2,3)11-17-13-7-5-6-12(15)9-13/h5-7,9,16H,4,8,10-11H2,1-3H3. The van der Waals surface area contributed by atoms with E-state index in [1.807, 2.05) is 24.3 Å². The van der Waals surface area contributed by atoms with Gasteiger partial charge in [0.05, 0.1) is 6.61 Å². The van der Waals surface area contributed by atoms with Gasteiger partial charge in [0.2, 0.25) is 0 Å². The third-order valence-electron chi connectivity index (χ3n) is 2.46. The molecule has 0 spiro atoms. The number of nitrogens with one attached hydrogen (secondary N) is 1. The van der Waals surface area contributed by atoms with Crippen LogP contribution in [0.25, 0.3) is 0 Å². The van der Waals surface area contributed by atoms with Gasteiger partial charge in [-0.05, 0) is 31.2 Å². The Balaban J connectivity index is 2.38. The molecule has 0 radical (unpaired) electrons. The molecule has 17 heavy (non-hydrogen) atoms. The molecule has 0 amide bonds. The van der Waals surface area contributed by atoms with Gasteiger partial charge in [-0.1, -0.05) is 42.8 Å². The molecule has 0 saturated carbocycles. The molecule has 0 aliphatic rings. The average molecular weight is 300 g/mol. The fourth-order valence-electron chi connectivity index (χ4n) is 1.49. The van der Waals surface area contributed by atoms with Crippen LogP contribution in [0, 0.1) is 5.41 Å². The zero-order valence-corrected chi connectivity index (χ0v) is 12.5. The molecule has 3 heteroatoms. The summed E-state index contributed by atoms with van der Waals surface area (Å²) in [6.07, 6.45) is 1.17. The highest BCUT2D eigenvalue weighted by molar-refractivity contribution is 9.10. The lowest BCUT2D eigenvalue weighted by atomic mass is 9.95. The van der Waals surface area contributed by atoms with Crippen molar-refractivity contribution < 1.29 is 4.74 Å². The monoisotopic (exact) mass is 299 g/mol. The summed E-state index contributed by atoms with van der Waals surface area (Å²) in [5, 5.41) is 3.43. The maximum absolute atomic E-state index is 5.81. The van der Waals surface area contributed by atoms with Crippen LogP contribution in [0.1, 0.15) is 27.2 Å². The van der Waals surface area contributed by atoms with Crippen LogP contribution in [0.3, 0.4) is 0 Å². The van der Waals surface area contributed by atoms with Crippen molar-refractivity contribution in [2.24, 2.45) is 5.41 Å². The average Bonchev–Trinajstić information content (AvgIpc) is 2.27. The Kier molecular flexibility index (Phi) is 6.00. The van der Waals surface area contributed by atoms with Gasteiger partial charge in [-0.2, -0.15) is 0 Å². The summed E-state index contributed by atoms with van der Waals surface area (Å²) in [6, 6.07) is 7.97. The quantitative estimate of drug-likeness (QED) is 0.772. The molecule has 96 valence electrons. The predicted molar refractivity (Wildman–Crippen MR) is 76.6 cm³/mol. The van der Waals surface area contributed by atoms with Crippen molar-refractivity contribution in [2.45, 2.75) is 27.2 Å². The molecule has 2 nitrogen and oxygen atoms in total. The zero-order chi connectivity index (χ0) is 12.7. The summed E-state index contributed by atoms with van der Waals surface area (Å²) in [7, 11) is 0. The number of rotatable bonds is 7. The van der Waals surface area contributed by atoms with Crippen molar-refractivity contribution >= 4 is 15.9 Å². The summed E-state index contributed by atoms with van der Waals surface area (Å²) in [4.78, 5) is 0. The first-order valence-corrected chi connectivity index (χ1v) is 6.92. The highest BCUT2D eigenvalue weighted by Crippen LogP contribution is 2.21. The molecule has 0 unspecified atom stereocenters. The summed E-state index contributed by atoms with van der Waals surface area (Å²) in [5.41, 5.74) is 0.150. The normalized spacial score (nSPS) is 11.5. The SMILES string of the molecule is CCCNCC(C)(C)COc1cccc(Br)c1. The minimum Gasteiger partial charge on any atom is -0.493 e. The largest absolute Gasteiger partial charge is 0.493 e. The molecule has 0 saturated heterocycles. The number of benzene rings is 1. The van der Waals surface area contributed by atoms with Crippen LogP contribution in [0.4, 0.5) is 0 Å². The Morgan fingerprint density at radius 3 is 2.76 bits per heavy atom. The van der Waals surface area contributed by atoms with Gasteiger partial charge < -0.3 is 10.1 Å². The maximum atomic E-state index is 5.81. The summed E-state index contributed by atoms with van der Waals surface area (Å²) >= 11 is 3.44. The van der Waals surface area contributed by atoms with E-state index in [1.165, 1.54) is 6.42 Å². The van der Waals surface area contributed by atoms with Gasteiger partial charge in [0.1, 0.15) is 5.75 Å². The van der Waals surface area contributed by atoms with E-state index in [4.69, 9.17) is 4.74 Å².